The van der Waals surface area contributed by atoms with Crippen molar-refractivity contribution in [2.24, 2.45) is 5.16 Å². The number of ketones is 1. The SMILES string of the molecule is O=C(CC/C(CC(=O)c1ccc(Cl)cc1)=N\O)Nc1ccc(Cl)c(Cl)c1. The van der Waals surface area contributed by atoms with E-state index < -0.39 is 0 Å². The zero-order valence-electron chi connectivity index (χ0n) is 13.5. The molecule has 0 aliphatic rings. The van der Waals surface area contributed by atoms with Crippen LogP contribution in [0.4, 0.5) is 5.69 Å². The van der Waals surface area contributed by atoms with Crippen LogP contribution in [0.15, 0.2) is 47.6 Å². The van der Waals surface area contributed by atoms with Crippen molar-refractivity contribution in [3.05, 3.63) is 63.1 Å². The highest BCUT2D eigenvalue weighted by Gasteiger charge is 2.13. The maximum absolute atomic E-state index is 12.2. The van der Waals surface area contributed by atoms with E-state index >= 15 is 0 Å². The van der Waals surface area contributed by atoms with E-state index in [2.05, 4.69) is 10.5 Å². The molecular formula is C18H15Cl3N2O3. The third-order valence-electron chi connectivity index (χ3n) is 3.52. The highest BCUT2D eigenvalue weighted by molar-refractivity contribution is 6.42. The van der Waals surface area contributed by atoms with E-state index in [1.165, 1.54) is 6.07 Å². The summed E-state index contributed by atoms with van der Waals surface area (Å²) >= 11 is 17.5. The van der Waals surface area contributed by atoms with E-state index in [0.717, 1.165) is 0 Å². The van der Waals surface area contributed by atoms with Gasteiger partial charge in [0.1, 0.15) is 0 Å². The second-order valence-electron chi connectivity index (χ2n) is 5.45. The summed E-state index contributed by atoms with van der Waals surface area (Å²) in [7, 11) is 0. The maximum Gasteiger partial charge on any atom is 0.224 e. The number of halogens is 3. The number of amides is 1. The van der Waals surface area contributed by atoms with Crippen LogP contribution in [0.2, 0.25) is 15.1 Å². The molecular weight excluding hydrogens is 399 g/mol. The van der Waals surface area contributed by atoms with Crippen molar-refractivity contribution in [2.75, 3.05) is 5.32 Å². The summed E-state index contributed by atoms with van der Waals surface area (Å²) < 4.78 is 0. The van der Waals surface area contributed by atoms with Gasteiger partial charge >= 0.3 is 0 Å². The van der Waals surface area contributed by atoms with Crippen LogP contribution in [0.1, 0.15) is 29.6 Å². The normalized spacial score (nSPS) is 11.3. The third-order valence-corrected chi connectivity index (χ3v) is 4.51. The Kier molecular flexibility index (Phi) is 7.45. The van der Waals surface area contributed by atoms with Gasteiger partial charge in [0.2, 0.25) is 5.91 Å². The third kappa shape index (κ3) is 6.02. The predicted octanol–water partition coefficient (Wildman–Crippen LogP) is 5.47. The number of Topliss-reactive ketones (excluding diaryl/α,β-unsaturated/α-hetero) is 1. The van der Waals surface area contributed by atoms with E-state index in [4.69, 9.17) is 40.0 Å². The molecule has 0 aromatic heterocycles. The first-order valence-electron chi connectivity index (χ1n) is 7.62. The second-order valence-corrected chi connectivity index (χ2v) is 6.70. The zero-order chi connectivity index (χ0) is 19.1. The van der Waals surface area contributed by atoms with E-state index in [1.54, 1.807) is 36.4 Å². The van der Waals surface area contributed by atoms with Gasteiger partial charge in [-0.25, -0.2) is 0 Å². The van der Waals surface area contributed by atoms with Gasteiger partial charge in [-0.1, -0.05) is 40.0 Å². The number of benzene rings is 2. The summed E-state index contributed by atoms with van der Waals surface area (Å²) in [6, 6.07) is 11.1. The van der Waals surface area contributed by atoms with Gasteiger partial charge in [0, 0.05) is 22.7 Å². The van der Waals surface area contributed by atoms with Crippen molar-refractivity contribution in [2.45, 2.75) is 19.3 Å². The molecule has 2 rings (SSSR count). The molecule has 5 nitrogen and oxygen atoms in total. The van der Waals surface area contributed by atoms with Gasteiger partial charge in [-0.2, -0.15) is 0 Å². The highest BCUT2D eigenvalue weighted by Crippen LogP contribution is 2.25. The minimum atomic E-state index is -0.302. The van der Waals surface area contributed by atoms with Crippen LogP contribution in [-0.2, 0) is 4.79 Å². The van der Waals surface area contributed by atoms with Gasteiger partial charge in [-0.05, 0) is 48.9 Å². The van der Waals surface area contributed by atoms with Crippen molar-refractivity contribution in [3.63, 3.8) is 0 Å². The number of nitrogens with zero attached hydrogens (tertiary/aromatic N) is 1. The second kappa shape index (κ2) is 9.57. The van der Waals surface area contributed by atoms with Crippen molar-refractivity contribution < 1.29 is 14.8 Å². The number of carbonyl (C=O) groups excluding carboxylic acids is 2. The lowest BCUT2D eigenvalue weighted by Gasteiger charge is -2.07. The van der Waals surface area contributed by atoms with Gasteiger partial charge in [0.15, 0.2) is 5.78 Å². The van der Waals surface area contributed by atoms with E-state index in [1.807, 2.05) is 0 Å². The molecule has 2 N–H and O–H groups in total. The molecule has 0 aliphatic carbocycles. The van der Waals surface area contributed by atoms with Gasteiger partial charge < -0.3 is 10.5 Å². The Morgan fingerprint density at radius 2 is 1.65 bits per heavy atom. The first kappa shape index (κ1) is 20.2. The Hall–Kier alpha value is -2.08. The first-order chi connectivity index (χ1) is 12.4. The number of nitrogens with one attached hydrogen (secondary N) is 1. The summed E-state index contributed by atoms with van der Waals surface area (Å²) in [5, 5.41) is 16.1. The van der Waals surface area contributed by atoms with Gasteiger partial charge in [-0.15, -0.1) is 0 Å². The van der Waals surface area contributed by atoms with Crippen LogP contribution in [0, 0.1) is 0 Å². The lowest BCUT2D eigenvalue weighted by atomic mass is 10.0. The van der Waals surface area contributed by atoms with Crippen LogP contribution in [0.3, 0.4) is 0 Å². The molecule has 0 aliphatic heterocycles. The first-order valence-corrected chi connectivity index (χ1v) is 8.76. The molecule has 0 saturated heterocycles. The Morgan fingerprint density at radius 3 is 2.27 bits per heavy atom. The number of oxime groups is 1. The quantitative estimate of drug-likeness (QED) is 0.273. The number of rotatable bonds is 7. The molecule has 8 heteroatoms. The molecule has 0 unspecified atom stereocenters. The molecule has 0 radical (unpaired) electrons. The number of anilines is 1. The van der Waals surface area contributed by atoms with Crippen molar-refractivity contribution in [3.8, 4) is 0 Å². The number of carbonyl (C=O) groups is 2. The summed E-state index contributed by atoms with van der Waals surface area (Å²) in [6.45, 7) is 0. The monoisotopic (exact) mass is 412 g/mol. The molecule has 0 heterocycles. The van der Waals surface area contributed by atoms with Crippen LogP contribution in [-0.4, -0.2) is 22.6 Å². The fourth-order valence-electron chi connectivity index (χ4n) is 2.15. The van der Waals surface area contributed by atoms with E-state index in [-0.39, 0.29) is 36.7 Å². The lowest BCUT2D eigenvalue weighted by molar-refractivity contribution is -0.116. The molecule has 136 valence electrons. The minimum Gasteiger partial charge on any atom is -0.411 e. The lowest BCUT2D eigenvalue weighted by Crippen LogP contribution is -2.15. The molecule has 0 atom stereocenters. The maximum atomic E-state index is 12.2. The van der Waals surface area contributed by atoms with Gasteiger partial charge in [-0.3, -0.25) is 9.59 Å². The largest absolute Gasteiger partial charge is 0.411 e. The number of hydrogen-bond donors (Lipinski definition) is 2. The summed E-state index contributed by atoms with van der Waals surface area (Å²) in [5.74, 6) is -0.525. The average molecular weight is 414 g/mol. The van der Waals surface area contributed by atoms with Crippen LogP contribution in [0.5, 0.6) is 0 Å². The Morgan fingerprint density at radius 1 is 0.962 bits per heavy atom. The molecule has 0 fully saturated rings. The minimum absolute atomic E-state index is 0.0491. The molecule has 1 amide bonds. The van der Waals surface area contributed by atoms with E-state index in [9.17, 15) is 9.59 Å². The fourth-order valence-corrected chi connectivity index (χ4v) is 2.58. The molecule has 2 aromatic rings. The Labute approximate surface area is 165 Å². The predicted molar refractivity (Wildman–Crippen MR) is 104 cm³/mol. The highest BCUT2D eigenvalue weighted by atomic mass is 35.5. The van der Waals surface area contributed by atoms with Gasteiger partial charge in [0.25, 0.3) is 0 Å². The smallest absolute Gasteiger partial charge is 0.224 e. The van der Waals surface area contributed by atoms with Gasteiger partial charge in [0.05, 0.1) is 22.2 Å². The van der Waals surface area contributed by atoms with Crippen molar-refractivity contribution in [1.82, 2.24) is 0 Å². The molecule has 0 spiro atoms. The summed E-state index contributed by atoms with van der Waals surface area (Å²) in [4.78, 5) is 24.2. The molecule has 2 aromatic carbocycles. The summed E-state index contributed by atoms with van der Waals surface area (Å²) in [5.41, 5.74) is 1.18. The molecule has 0 bridgehead atoms. The molecule has 0 saturated carbocycles. The number of hydrogen-bond acceptors (Lipinski definition) is 4. The Bertz CT molecular complexity index is 836. The zero-order valence-corrected chi connectivity index (χ0v) is 15.8. The van der Waals surface area contributed by atoms with Crippen molar-refractivity contribution in [1.29, 1.82) is 0 Å². The summed E-state index contributed by atoms with van der Waals surface area (Å²) in [6.07, 6.45) is 0.106. The average Bonchev–Trinajstić information content (AvgIpc) is 2.62. The van der Waals surface area contributed by atoms with E-state index in [0.29, 0.717) is 26.3 Å². The Balaban J connectivity index is 1.87. The fraction of sp³-hybridized carbons (Fsp3) is 0.167. The van der Waals surface area contributed by atoms with Crippen molar-refractivity contribution >= 4 is 57.9 Å². The standard InChI is InChI=1S/C18H15Cl3N2O3/c19-12-3-1-11(2-4-12)17(24)10-14(23-26)6-8-18(25)22-13-5-7-15(20)16(21)9-13/h1-5,7,9,26H,6,8,10H2,(H,22,25)/b23-14+. The topological polar surface area (TPSA) is 78.8 Å². The van der Waals surface area contributed by atoms with Crippen LogP contribution < -0.4 is 5.32 Å². The van der Waals surface area contributed by atoms with Crippen LogP contribution in [0.25, 0.3) is 0 Å². The van der Waals surface area contributed by atoms with Crippen LogP contribution >= 0.6 is 34.8 Å². The molecule has 26 heavy (non-hydrogen) atoms.